The predicted octanol–water partition coefficient (Wildman–Crippen LogP) is 7.57. The Bertz CT molecular complexity index is 1020. The van der Waals surface area contributed by atoms with E-state index in [-0.39, 0.29) is 22.3 Å². The van der Waals surface area contributed by atoms with Gasteiger partial charge in [-0.2, -0.15) is 0 Å². The minimum atomic E-state index is -1.84. The molecule has 1 amide bonds. The third kappa shape index (κ3) is 5.71. The molecule has 1 N–H and O–H groups in total. The van der Waals surface area contributed by atoms with Crippen LogP contribution >= 0.6 is 11.8 Å². The zero-order chi connectivity index (χ0) is 27.2. The SMILES string of the molecule is CC(=O)NCCSC(=O)[C@@H](C)[C@H]1CC[C@H]2[C@@H]3CCc4cc(O[Si](C)(C)C(C)(C)C)ccc4[C@H]3CC[C@]12C. The summed E-state index contributed by atoms with van der Waals surface area (Å²) in [5.74, 6) is 4.36. The van der Waals surface area contributed by atoms with Gasteiger partial charge in [0, 0.05) is 25.1 Å². The lowest BCUT2D eigenvalue weighted by atomic mass is 9.53. The molecule has 0 spiro atoms. The maximum Gasteiger partial charge on any atom is 0.250 e. The van der Waals surface area contributed by atoms with Crippen molar-refractivity contribution in [1.82, 2.24) is 5.32 Å². The average molecular weight is 544 g/mol. The summed E-state index contributed by atoms with van der Waals surface area (Å²) in [6, 6.07) is 6.99. The van der Waals surface area contributed by atoms with Gasteiger partial charge in [-0.1, -0.05) is 52.4 Å². The van der Waals surface area contributed by atoms with Gasteiger partial charge in [0.15, 0.2) is 5.12 Å². The second-order valence-electron chi connectivity index (χ2n) is 13.8. The van der Waals surface area contributed by atoms with Crippen molar-refractivity contribution < 1.29 is 14.0 Å². The molecule has 0 unspecified atom stereocenters. The highest BCUT2D eigenvalue weighted by Gasteiger charge is 2.56. The van der Waals surface area contributed by atoms with Crippen molar-refractivity contribution in [2.45, 2.75) is 104 Å². The zero-order valence-electron chi connectivity index (χ0n) is 24.4. The van der Waals surface area contributed by atoms with Crippen molar-refractivity contribution in [2.75, 3.05) is 12.3 Å². The Hall–Kier alpha value is -1.27. The molecule has 37 heavy (non-hydrogen) atoms. The normalized spacial score (nSPS) is 30.1. The lowest BCUT2D eigenvalue weighted by Crippen LogP contribution is -2.44. The molecule has 3 aliphatic rings. The fourth-order valence-corrected chi connectivity index (χ4v) is 9.46. The summed E-state index contributed by atoms with van der Waals surface area (Å²) >= 11 is 1.41. The van der Waals surface area contributed by atoms with Crippen molar-refractivity contribution in [2.24, 2.45) is 29.1 Å². The molecule has 2 saturated carbocycles. The molecule has 1 aromatic carbocycles. The van der Waals surface area contributed by atoms with E-state index in [1.165, 1.54) is 56.4 Å². The number of amides is 1. The van der Waals surface area contributed by atoms with Crippen LogP contribution in [0.3, 0.4) is 0 Å². The standard InChI is InChI=1S/C31H49NO3SSi/c1-20(29(34)36-18-17-32-21(2)33)27-13-14-28-26-11-9-22-19-23(35-37(7,8)30(3,4)5)10-12-24(22)25(26)15-16-31(27,28)6/h10,12,19-20,25-28H,9,11,13-18H2,1-8H3,(H,32,33)/t20-,25+,26+,27+,28-,31+/m0/s1. The molecule has 0 bridgehead atoms. The van der Waals surface area contributed by atoms with Gasteiger partial charge in [0.2, 0.25) is 14.2 Å². The maximum absolute atomic E-state index is 13.1. The lowest BCUT2D eigenvalue weighted by Gasteiger charge is -2.52. The fraction of sp³-hybridized carbons (Fsp3) is 0.742. The summed E-state index contributed by atoms with van der Waals surface area (Å²) in [6.45, 7) is 18.3. The van der Waals surface area contributed by atoms with Gasteiger partial charge in [-0.3, -0.25) is 9.59 Å². The van der Waals surface area contributed by atoms with Gasteiger partial charge in [-0.25, -0.2) is 0 Å². The van der Waals surface area contributed by atoms with Gasteiger partial charge in [-0.15, -0.1) is 0 Å². The second-order valence-corrected chi connectivity index (χ2v) is 19.6. The summed E-state index contributed by atoms with van der Waals surface area (Å²) < 4.78 is 6.65. The Balaban J connectivity index is 1.44. The first-order chi connectivity index (χ1) is 17.2. The van der Waals surface area contributed by atoms with Gasteiger partial charge in [-0.05, 0) is 109 Å². The molecule has 6 heteroatoms. The number of carbonyl (C=O) groups excluding carboxylic acids is 2. The van der Waals surface area contributed by atoms with E-state index in [1.807, 2.05) is 0 Å². The number of hydrogen-bond acceptors (Lipinski definition) is 4. The average Bonchev–Trinajstić information content (AvgIpc) is 3.17. The van der Waals surface area contributed by atoms with Crippen LogP contribution in [-0.2, 0) is 16.0 Å². The van der Waals surface area contributed by atoms with Crippen LogP contribution in [0.1, 0.15) is 90.7 Å². The number of nitrogens with one attached hydrogen (secondary N) is 1. The maximum atomic E-state index is 13.1. The Kier molecular flexibility index (Phi) is 8.32. The minimum Gasteiger partial charge on any atom is -0.543 e. The van der Waals surface area contributed by atoms with Crippen LogP contribution in [0.4, 0.5) is 0 Å². The highest BCUT2D eigenvalue weighted by atomic mass is 32.2. The number of carbonyl (C=O) groups is 2. The molecule has 4 nitrogen and oxygen atoms in total. The molecular weight excluding hydrogens is 494 g/mol. The number of aryl methyl sites for hydroxylation is 1. The Morgan fingerprint density at radius 3 is 2.59 bits per heavy atom. The Morgan fingerprint density at radius 1 is 1.19 bits per heavy atom. The summed E-state index contributed by atoms with van der Waals surface area (Å²) in [7, 11) is -1.84. The van der Waals surface area contributed by atoms with Crippen LogP contribution in [0.5, 0.6) is 5.75 Å². The molecule has 0 heterocycles. The molecule has 0 aliphatic heterocycles. The number of thioether (sulfide) groups is 1. The quantitative estimate of drug-likeness (QED) is 0.285. The van der Waals surface area contributed by atoms with E-state index >= 15 is 0 Å². The third-order valence-electron chi connectivity index (χ3n) is 10.6. The van der Waals surface area contributed by atoms with Crippen LogP contribution in [0.2, 0.25) is 18.1 Å². The molecule has 0 aromatic heterocycles. The first-order valence-corrected chi connectivity index (χ1v) is 18.4. The number of fused-ring (bicyclic) bond motifs is 5. The van der Waals surface area contributed by atoms with Crippen LogP contribution < -0.4 is 9.74 Å². The summed E-state index contributed by atoms with van der Waals surface area (Å²) in [4.78, 5) is 24.2. The molecule has 1 aromatic rings. The fourth-order valence-electron chi connectivity index (χ4n) is 7.61. The molecule has 4 rings (SSSR count). The zero-order valence-corrected chi connectivity index (χ0v) is 26.2. The highest BCUT2D eigenvalue weighted by Crippen LogP contribution is 2.64. The molecule has 3 aliphatic carbocycles. The smallest absolute Gasteiger partial charge is 0.250 e. The number of benzene rings is 1. The van der Waals surface area contributed by atoms with E-state index in [2.05, 4.69) is 71.2 Å². The predicted molar refractivity (Wildman–Crippen MR) is 158 cm³/mol. The minimum absolute atomic E-state index is 0.0302. The van der Waals surface area contributed by atoms with E-state index in [0.717, 1.165) is 18.1 Å². The van der Waals surface area contributed by atoms with E-state index in [4.69, 9.17) is 4.43 Å². The Labute approximate surface area is 230 Å². The molecular formula is C31H49NO3SSi. The van der Waals surface area contributed by atoms with Crippen LogP contribution in [-0.4, -0.2) is 31.6 Å². The van der Waals surface area contributed by atoms with E-state index in [1.54, 1.807) is 5.56 Å². The summed E-state index contributed by atoms with van der Waals surface area (Å²) in [5.41, 5.74) is 3.34. The van der Waals surface area contributed by atoms with Crippen molar-refractivity contribution in [3.05, 3.63) is 29.3 Å². The third-order valence-corrected chi connectivity index (χ3v) is 16.1. The van der Waals surface area contributed by atoms with Gasteiger partial charge < -0.3 is 9.74 Å². The number of rotatable bonds is 7. The van der Waals surface area contributed by atoms with Gasteiger partial charge in [0.05, 0.1) is 0 Å². The molecule has 0 saturated heterocycles. The molecule has 0 radical (unpaired) electrons. The van der Waals surface area contributed by atoms with Crippen molar-refractivity contribution in [3.8, 4) is 5.75 Å². The van der Waals surface area contributed by atoms with Crippen LogP contribution in [0.15, 0.2) is 18.2 Å². The highest BCUT2D eigenvalue weighted by molar-refractivity contribution is 8.13. The monoisotopic (exact) mass is 543 g/mol. The Morgan fingerprint density at radius 2 is 1.92 bits per heavy atom. The molecule has 2 fully saturated rings. The summed E-state index contributed by atoms with van der Waals surface area (Å²) in [6.07, 6.45) is 7.31. The van der Waals surface area contributed by atoms with Gasteiger partial charge >= 0.3 is 0 Å². The van der Waals surface area contributed by atoms with Gasteiger partial charge in [0.1, 0.15) is 5.75 Å². The van der Waals surface area contributed by atoms with E-state index in [0.29, 0.717) is 35.2 Å². The van der Waals surface area contributed by atoms with Crippen molar-refractivity contribution >= 4 is 31.1 Å². The first kappa shape index (κ1) is 28.7. The van der Waals surface area contributed by atoms with Crippen molar-refractivity contribution in [1.29, 1.82) is 0 Å². The molecule has 6 atom stereocenters. The second kappa shape index (κ2) is 10.7. The largest absolute Gasteiger partial charge is 0.543 e. The number of hydrogen-bond donors (Lipinski definition) is 1. The lowest BCUT2D eigenvalue weighted by molar-refractivity contribution is -0.119. The van der Waals surface area contributed by atoms with E-state index in [9.17, 15) is 9.59 Å². The summed E-state index contributed by atoms with van der Waals surface area (Å²) in [5, 5.41) is 3.31. The van der Waals surface area contributed by atoms with Crippen LogP contribution in [0.25, 0.3) is 0 Å². The first-order valence-electron chi connectivity index (χ1n) is 14.5. The van der Waals surface area contributed by atoms with Gasteiger partial charge in [0.25, 0.3) is 0 Å². The topological polar surface area (TPSA) is 55.4 Å². The van der Waals surface area contributed by atoms with Crippen LogP contribution in [0, 0.1) is 29.1 Å². The molecule has 206 valence electrons. The van der Waals surface area contributed by atoms with E-state index < -0.39 is 8.32 Å². The van der Waals surface area contributed by atoms with Crippen molar-refractivity contribution in [3.63, 3.8) is 0 Å².